The van der Waals surface area contributed by atoms with E-state index < -0.39 is 5.60 Å². The van der Waals surface area contributed by atoms with Gasteiger partial charge in [0, 0.05) is 18.8 Å². The van der Waals surface area contributed by atoms with Gasteiger partial charge in [0.05, 0.1) is 11.6 Å². The van der Waals surface area contributed by atoms with Crippen molar-refractivity contribution in [1.29, 1.82) is 0 Å². The summed E-state index contributed by atoms with van der Waals surface area (Å²) in [6.07, 6.45) is 13.6. The van der Waals surface area contributed by atoms with Crippen LogP contribution in [-0.4, -0.2) is 29.2 Å². The van der Waals surface area contributed by atoms with Gasteiger partial charge in [0.25, 0.3) is 0 Å². The third-order valence-corrected chi connectivity index (χ3v) is 11.0. The summed E-state index contributed by atoms with van der Waals surface area (Å²) in [4.78, 5) is 31.3. The van der Waals surface area contributed by atoms with E-state index in [1.54, 1.807) is 6.92 Å². The number of ether oxygens (including phenoxy) is 1. The van der Waals surface area contributed by atoms with Crippen LogP contribution < -0.4 is 0 Å². The third kappa shape index (κ3) is 3.52. The summed E-state index contributed by atoms with van der Waals surface area (Å²) in [5, 5.41) is 4.54. The van der Waals surface area contributed by atoms with Crippen LogP contribution in [0.3, 0.4) is 0 Å². The lowest BCUT2D eigenvalue weighted by Crippen LogP contribution is -2.58. The van der Waals surface area contributed by atoms with Crippen LogP contribution in [-0.2, 0) is 19.2 Å². The molecule has 1 aliphatic heterocycles. The maximum Gasteiger partial charge on any atom is 0.302 e. The Balaban J connectivity index is 1.30. The van der Waals surface area contributed by atoms with Crippen molar-refractivity contribution in [2.75, 3.05) is 0 Å². The second-order valence-electron chi connectivity index (χ2n) is 12.6. The molecular formula is C32H39NO4. The highest BCUT2D eigenvalue weighted by Crippen LogP contribution is 2.70. The van der Waals surface area contributed by atoms with Gasteiger partial charge in [-0.25, -0.2) is 0 Å². The molecule has 1 aromatic carbocycles. The van der Waals surface area contributed by atoms with Crippen molar-refractivity contribution < 1.29 is 19.2 Å². The minimum Gasteiger partial charge on any atom is -0.462 e. The fourth-order valence-corrected chi connectivity index (χ4v) is 9.29. The summed E-state index contributed by atoms with van der Waals surface area (Å²) in [6, 6.07) is 10.2. The number of carbonyl (C=O) groups is 2. The van der Waals surface area contributed by atoms with Gasteiger partial charge < -0.3 is 9.57 Å². The highest BCUT2D eigenvalue weighted by atomic mass is 16.7. The number of Topliss-reactive ketones (excluding diaryl/α,β-unsaturated/α-hetero) is 1. The summed E-state index contributed by atoms with van der Waals surface area (Å²) in [5.74, 6) is 1.47. The van der Waals surface area contributed by atoms with Gasteiger partial charge in [-0.05, 0) is 80.3 Å². The van der Waals surface area contributed by atoms with Gasteiger partial charge in [-0.2, -0.15) is 0 Å². The molecule has 37 heavy (non-hydrogen) atoms. The quantitative estimate of drug-likeness (QED) is 0.347. The Morgan fingerprint density at radius 3 is 2.57 bits per heavy atom. The number of rotatable bonds is 4. The minimum atomic E-state index is -0.864. The van der Waals surface area contributed by atoms with Crippen molar-refractivity contribution in [3.63, 3.8) is 0 Å². The first-order valence-electron chi connectivity index (χ1n) is 14.1. The van der Waals surface area contributed by atoms with E-state index in [1.165, 1.54) is 12.5 Å². The predicted octanol–water partition coefficient (Wildman–Crippen LogP) is 6.53. The van der Waals surface area contributed by atoms with Gasteiger partial charge in [0.15, 0.2) is 5.78 Å². The first-order chi connectivity index (χ1) is 17.7. The van der Waals surface area contributed by atoms with Crippen molar-refractivity contribution in [2.45, 2.75) is 84.3 Å². The molecule has 0 amide bonds. The maximum atomic E-state index is 13.4. The molecule has 1 aromatic rings. The smallest absolute Gasteiger partial charge is 0.302 e. The molecule has 6 rings (SSSR count). The highest BCUT2D eigenvalue weighted by molar-refractivity contribution is 6.06. The normalized spacial score (nSPS) is 42.0. The van der Waals surface area contributed by atoms with E-state index in [0.29, 0.717) is 17.8 Å². The van der Waals surface area contributed by atoms with E-state index in [9.17, 15) is 9.59 Å². The number of nitrogens with zero attached hydrogens (tertiary/aromatic N) is 1. The number of allylic oxidation sites excluding steroid dienone is 2. The molecule has 4 aliphatic carbocycles. The first kappa shape index (κ1) is 24.6. The average Bonchev–Trinajstić information content (AvgIpc) is 3.37. The molecule has 3 fully saturated rings. The van der Waals surface area contributed by atoms with Crippen molar-refractivity contribution in [3.8, 4) is 0 Å². The molecule has 8 atom stereocenters. The fraction of sp³-hybridized carbons (Fsp3) is 0.594. The van der Waals surface area contributed by atoms with E-state index in [0.717, 1.165) is 56.2 Å². The van der Waals surface area contributed by atoms with Crippen LogP contribution in [0.25, 0.3) is 6.08 Å². The Morgan fingerprint density at radius 2 is 1.84 bits per heavy atom. The van der Waals surface area contributed by atoms with E-state index in [2.05, 4.69) is 49.4 Å². The van der Waals surface area contributed by atoms with Crippen molar-refractivity contribution in [3.05, 3.63) is 53.6 Å². The standard InChI is InChI=1S/C32H39NO4/c1-20(34)32-28(29(33-37-32)13-10-22-8-6-5-7-9-22)19-27-25-12-11-23-18-24(36-21(2)35)14-16-30(23,3)26(25)15-17-31(27,32)4/h5-11,13,24-28H,12,14-19H2,1-4H3/b13-10+/t24-,25+,26-,27-,28-,30-,31-,32+/m0/s1. The monoisotopic (exact) mass is 501 g/mol. The summed E-state index contributed by atoms with van der Waals surface area (Å²) < 4.78 is 5.61. The van der Waals surface area contributed by atoms with Crippen LogP contribution in [0.5, 0.6) is 0 Å². The number of ketones is 1. The van der Waals surface area contributed by atoms with Crippen molar-refractivity contribution in [1.82, 2.24) is 0 Å². The molecule has 5 aliphatic rings. The second-order valence-corrected chi connectivity index (χ2v) is 12.6. The SMILES string of the molecule is CC(=O)O[C@H]1CC[C@@]2(C)C(=CC[C@@H]3[C@@H]2CC[C@@]2(C)[C@H]3C[C@H]3C(/C=C/c4ccccc4)=NO[C@]32C(C)=O)C1. The Labute approximate surface area is 220 Å². The summed E-state index contributed by atoms with van der Waals surface area (Å²) in [6.45, 7) is 7.98. The minimum absolute atomic E-state index is 0.00315. The maximum absolute atomic E-state index is 13.4. The average molecular weight is 502 g/mol. The van der Waals surface area contributed by atoms with Gasteiger partial charge >= 0.3 is 5.97 Å². The molecule has 1 heterocycles. The number of esters is 1. The molecule has 0 aromatic heterocycles. The molecule has 0 radical (unpaired) electrons. The molecule has 0 N–H and O–H groups in total. The molecular weight excluding hydrogens is 462 g/mol. The molecule has 0 bridgehead atoms. The van der Waals surface area contributed by atoms with Crippen LogP contribution >= 0.6 is 0 Å². The molecule has 5 nitrogen and oxygen atoms in total. The van der Waals surface area contributed by atoms with Gasteiger partial charge in [0.1, 0.15) is 6.10 Å². The number of benzene rings is 1. The van der Waals surface area contributed by atoms with Crippen LogP contribution in [0, 0.1) is 34.5 Å². The third-order valence-electron chi connectivity index (χ3n) is 11.0. The zero-order valence-corrected chi connectivity index (χ0v) is 22.5. The van der Waals surface area contributed by atoms with Gasteiger partial charge in [-0.1, -0.05) is 67.1 Å². The lowest BCUT2D eigenvalue weighted by atomic mass is 9.46. The summed E-state index contributed by atoms with van der Waals surface area (Å²) in [7, 11) is 0. The van der Waals surface area contributed by atoms with Crippen LogP contribution in [0.4, 0.5) is 0 Å². The lowest BCUT2D eigenvalue weighted by molar-refractivity contribution is -0.174. The molecule has 5 heteroatoms. The molecule has 3 saturated carbocycles. The Kier molecular flexibility index (Phi) is 5.78. The van der Waals surface area contributed by atoms with E-state index in [4.69, 9.17) is 9.57 Å². The van der Waals surface area contributed by atoms with Crippen molar-refractivity contribution >= 4 is 23.5 Å². The van der Waals surface area contributed by atoms with Gasteiger partial charge in [-0.3, -0.25) is 9.59 Å². The summed E-state index contributed by atoms with van der Waals surface area (Å²) in [5.41, 5.74) is 2.57. The Morgan fingerprint density at radius 1 is 1.05 bits per heavy atom. The topological polar surface area (TPSA) is 65.0 Å². The molecule has 0 unspecified atom stereocenters. The van der Waals surface area contributed by atoms with Gasteiger partial charge in [0.2, 0.25) is 5.60 Å². The largest absolute Gasteiger partial charge is 0.462 e. The first-order valence-corrected chi connectivity index (χ1v) is 14.1. The van der Waals surface area contributed by atoms with E-state index in [-0.39, 0.29) is 34.6 Å². The highest BCUT2D eigenvalue weighted by Gasteiger charge is 2.73. The zero-order chi connectivity index (χ0) is 26.0. The number of oxime groups is 1. The molecule has 196 valence electrons. The number of hydrogen-bond donors (Lipinski definition) is 0. The number of hydrogen-bond acceptors (Lipinski definition) is 5. The summed E-state index contributed by atoms with van der Waals surface area (Å²) >= 11 is 0. The lowest BCUT2D eigenvalue weighted by Gasteiger charge is -2.58. The van der Waals surface area contributed by atoms with Crippen LogP contribution in [0.1, 0.15) is 78.2 Å². The fourth-order valence-electron chi connectivity index (χ4n) is 9.29. The molecule has 0 spiro atoms. The predicted molar refractivity (Wildman–Crippen MR) is 144 cm³/mol. The van der Waals surface area contributed by atoms with Crippen LogP contribution in [0.15, 0.2) is 53.2 Å². The zero-order valence-electron chi connectivity index (χ0n) is 22.5. The molecule has 0 saturated heterocycles. The van der Waals surface area contributed by atoms with E-state index >= 15 is 0 Å². The van der Waals surface area contributed by atoms with Crippen LogP contribution in [0.2, 0.25) is 0 Å². The Hall–Kier alpha value is -2.69. The number of fused-ring (bicyclic) bond motifs is 7. The van der Waals surface area contributed by atoms with E-state index in [1.807, 2.05) is 18.2 Å². The second kappa shape index (κ2) is 8.68. The van der Waals surface area contributed by atoms with Gasteiger partial charge in [-0.15, -0.1) is 0 Å². The Bertz CT molecular complexity index is 1200. The van der Waals surface area contributed by atoms with Crippen molar-refractivity contribution in [2.24, 2.45) is 39.7 Å². The number of carbonyl (C=O) groups excluding carboxylic acids is 2.